The van der Waals surface area contributed by atoms with Gasteiger partial charge in [-0.25, -0.2) is 26.3 Å². The Balaban J connectivity index is 1.84. The zero-order chi connectivity index (χ0) is 31.7. The van der Waals surface area contributed by atoms with Gasteiger partial charge in [-0.3, -0.25) is 0 Å². The number of benzene rings is 3. The molecule has 0 radical (unpaired) electrons. The van der Waals surface area contributed by atoms with E-state index in [-0.39, 0.29) is 11.6 Å². The second-order valence-electron chi connectivity index (χ2n) is 11.5. The van der Waals surface area contributed by atoms with Gasteiger partial charge in [-0.15, -0.1) is 0 Å². The third kappa shape index (κ3) is 5.93. The zero-order valence-electron chi connectivity index (χ0n) is 24.1. The van der Waals surface area contributed by atoms with Crippen molar-refractivity contribution in [2.45, 2.75) is 89.3 Å². The quantitative estimate of drug-likeness (QED) is 0.0599. The van der Waals surface area contributed by atoms with Crippen molar-refractivity contribution in [1.29, 1.82) is 0 Å². The first-order valence-electron chi connectivity index (χ1n) is 14.5. The Labute approximate surface area is 246 Å². The highest BCUT2D eigenvalue weighted by atomic mass is 28.4. The maximum atomic E-state index is 16.1. The molecule has 43 heavy (non-hydrogen) atoms. The monoisotopic (exact) mass is 632 g/mol. The van der Waals surface area contributed by atoms with Crippen molar-refractivity contribution in [2.24, 2.45) is 0 Å². The third-order valence-electron chi connectivity index (χ3n) is 8.33. The van der Waals surface area contributed by atoms with E-state index in [4.69, 9.17) is 4.43 Å². The van der Waals surface area contributed by atoms with Gasteiger partial charge in [0.05, 0.1) is 11.1 Å². The zero-order valence-corrected chi connectivity index (χ0v) is 25.1. The maximum Gasteiger partial charge on any atom is 0.305 e. The summed E-state index contributed by atoms with van der Waals surface area (Å²) < 4.78 is 141. The lowest BCUT2D eigenvalue weighted by Crippen LogP contribution is -2.48. The van der Waals surface area contributed by atoms with Crippen LogP contribution in [-0.2, 0) is 12.0 Å². The Hall–Kier alpha value is -2.95. The third-order valence-corrected chi connectivity index (χ3v) is 13.3. The summed E-state index contributed by atoms with van der Waals surface area (Å²) in [5, 5.41) is 0. The van der Waals surface area contributed by atoms with Gasteiger partial charge >= 0.3 is 5.92 Å². The molecule has 3 aromatic carbocycles. The second-order valence-corrected chi connectivity index (χ2v) is 15.8. The lowest BCUT2D eigenvalue weighted by Gasteiger charge is -2.36. The van der Waals surface area contributed by atoms with E-state index in [2.05, 4.69) is 6.92 Å². The van der Waals surface area contributed by atoms with Crippen LogP contribution in [-0.4, -0.2) is 8.32 Å². The number of rotatable bonds is 13. The molecular formula is C32H33F9OSi. The summed E-state index contributed by atoms with van der Waals surface area (Å²) in [5.74, 6) is -22.5. The van der Waals surface area contributed by atoms with E-state index in [0.717, 1.165) is 44.1 Å². The Morgan fingerprint density at radius 2 is 1.16 bits per heavy atom. The van der Waals surface area contributed by atoms with Gasteiger partial charge in [-0.05, 0) is 17.1 Å². The van der Waals surface area contributed by atoms with E-state index in [9.17, 15) is 17.6 Å². The normalized spacial score (nSPS) is 15.0. The highest BCUT2D eigenvalue weighted by Crippen LogP contribution is 2.57. The molecule has 0 heterocycles. The van der Waals surface area contributed by atoms with Gasteiger partial charge < -0.3 is 4.43 Å². The van der Waals surface area contributed by atoms with Crippen LogP contribution in [0.1, 0.15) is 82.4 Å². The van der Waals surface area contributed by atoms with E-state index in [1.54, 1.807) is 44.2 Å². The summed E-state index contributed by atoms with van der Waals surface area (Å²) in [5.41, 5.74) is -6.99. The molecule has 0 aromatic heterocycles. The van der Waals surface area contributed by atoms with Crippen LogP contribution >= 0.6 is 0 Å². The molecule has 0 bridgehead atoms. The van der Waals surface area contributed by atoms with E-state index in [1.807, 2.05) is 0 Å². The Morgan fingerprint density at radius 3 is 1.74 bits per heavy atom. The molecule has 3 aromatic rings. The average Bonchev–Trinajstić information content (AvgIpc) is 3.23. The fourth-order valence-electron chi connectivity index (χ4n) is 5.86. The predicted octanol–water partition coefficient (Wildman–Crippen LogP) is 11.0. The van der Waals surface area contributed by atoms with Crippen LogP contribution in [0.15, 0.2) is 30.3 Å². The SMILES string of the molecule is CCCCCCCCC[Si](Cc1ccccc1)(Oc1c(F)c(F)c2c(c1F)-c1c(F)c(F)c(F)c(F)c1C2(F)F)C(C)C. The van der Waals surface area contributed by atoms with Crippen molar-refractivity contribution in [3.63, 3.8) is 0 Å². The minimum absolute atomic E-state index is 0.231. The largest absolute Gasteiger partial charge is 0.539 e. The first kappa shape index (κ1) is 33.0. The fourth-order valence-corrected chi connectivity index (χ4v) is 9.79. The molecule has 0 saturated heterocycles. The van der Waals surface area contributed by atoms with Gasteiger partial charge in [0.25, 0.3) is 8.32 Å². The number of alkyl halides is 2. The lowest BCUT2D eigenvalue weighted by molar-refractivity contribution is 0.0383. The molecule has 1 nitrogen and oxygen atoms in total. The van der Waals surface area contributed by atoms with Crippen molar-refractivity contribution in [3.05, 3.63) is 87.7 Å². The average molecular weight is 633 g/mol. The topological polar surface area (TPSA) is 9.23 Å². The van der Waals surface area contributed by atoms with Crippen LogP contribution in [0.2, 0.25) is 11.6 Å². The van der Waals surface area contributed by atoms with Crippen molar-refractivity contribution in [2.75, 3.05) is 0 Å². The molecular weight excluding hydrogens is 599 g/mol. The number of halogens is 9. The Morgan fingerprint density at radius 1 is 0.651 bits per heavy atom. The fraction of sp³-hybridized carbons (Fsp3) is 0.438. The van der Waals surface area contributed by atoms with Crippen molar-refractivity contribution in [1.82, 2.24) is 0 Å². The molecule has 0 amide bonds. The molecule has 1 atom stereocenters. The molecule has 0 N–H and O–H groups in total. The van der Waals surface area contributed by atoms with Crippen LogP contribution in [0.3, 0.4) is 0 Å². The number of hydrogen-bond acceptors (Lipinski definition) is 1. The lowest BCUT2D eigenvalue weighted by atomic mass is 10.0. The van der Waals surface area contributed by atoms with Gasteiger partial charge in [0.1, 0.15) is 0 Å². The minimum atomic E-state index is -4.90. The second kappa shape index (κ2) is 13.0. The minimum Gasteiger partial charge on any atom is -0.539 e. The van der Waals surface area contributed by atoms with Crippen LogP contribution in [0.5, 0.6) is 5.75 Å². The summed E-state index contributed by atoms with van der Waals surface area (Å²) in [6, 6.07) is 9.50. The van der Waals surface area contributed by atoms with Crippen molar-refractivity contribution < 1.29 is 43.9 Å². The van der Waals surface area contributed by atoms with Gasteiger partial charge in [0.15, 0.2) is 40.7 Å². The summed E-state index contributed by atoms with van der Waals surface area (Å²) in [6.45, 7) is 5.67. The molecule has 0 fully saturated rings. The van der Waals surface area contributed by atoms with E-state index >= 15 is 22.0 Å². The van der Waals surface area contributed by atoms with Crippen LogP contribution in [0.25, 0.3) is 11.1 Å². The molecule has 1 aliphatic rings. The molecule has 11 heteroatoms. The summed E-state index contributed by atoms with van der Waals surface area (Å²) in [6.07, 6.45) is 6.60. The molecule has 0 aliphatic heterocycles. The number of fused-ring (bicyclic) bond motifs is 3. The standard InChI is InChI=1S/C32H33F9OSi/c1-4-5-6-7-8-9-13-16-43(18(2)3,17-19-14-11-10-12-15-19)42-31-25(34)21-20-22(26(35)29(38)28(37)24(20)33)32(40,41)23(21)27(36)30(31)39/h10-12,14-15,18H,4-9,13,16-17H2,1-3H3. The van der Waals surface area contributed by atoms with E-state index < -0.39 is 83.0 Å². The predicted molar refractivity (Wildman–Crippen MR) is 149 cm³/mol. The maximum absolute atomic E-state index is 16.1. The first-order valence-corrected chi connectivity index (χ1v) is 16.9. The highest BCUT2D eigenvalue weighted by Gasteiger charge is 2.55. The first-order chi connectivity index (χ1) is 20.3. The van der Waals surface area contributed by atoms with Gasteiger partial charge in [-0.1, -0.05) is 96.0 Å². The van der Waals surface area contributed by atoms with Crippen molar-refractivity contribution in [3.8, 4) is 16.9 Å². The molecule has 4 rings (SSSR count). The summed E-state index contributed by atoms with van der Waals surface area (Å²) in [7, 11) is -3.36. The van der Waals surface area contributed by atoms with Crippen LogP contribution in [0, 0.1) is 40.7 Å². The Bertz CT molecular complexity index is 1480. The van der Waals surface area contributed by atoms with Gasteiger partial charge in [-0.2, -0.15) is 13.2 Å². The summed E-state index contributed by atoms with van der Waals surface area (Å²) in [4.78, 5) is 0. The smallest absolute Gasteiger partial charge is 0.305 e. The van der Waals surface area contributed by atoms with Gasteiger partial charge in [0, 0.05) is 17.2 Å². The number of unbranched alkanes of at least 4 members (excludes halogenated alkanes) is 6. The molecule has 1 aliphatic carbocycles. The number of hydrogen-bond donors (Lipinski definition) is 0. The molecule has 234 valence electrons. The van der Waals surface area contributed by atoms with Crippen LogP contribution in [0.4, 0.5) is 39.5 Å². The summed E-state index contributed by atoms with van der Waals surface area (Å²) >= 11 is 0. The van der Waals surface area contributed by atoms with Crippen molar-refractivity contribution >= 4 is 8.32 Å². The molecule has 0 saturated carbocycles. The molecule has 0 spiro atoms. The molecule has 1 unspecified atom stereocenters. The highest BCUT2D eigenvalue weighted by molar-refractivity contribution is 6.75. The van der Waals surface area contributed by atoms with E-state index in [1.165, 1.54) is 0 Å². The van der Waals surface area contributed by atoms with Gasteiger partial charge in [0.2, 0.25) is 5.82 Å². The Kier molecular flexibility index (Phi) is 9.93. The van der Waals surface area contributed by atoms with Crippen LogP contribution < -0.4 is 4.43 Å². The van der Waals surface area contributed by atoms with E-state index in [0.29, 0.717) is 12.5 Å².